The van der Waals surface area contributed by atoms with Crippen molar-refractivity contribution in [3.05, 3.63) is 98.4 Å². The number of rotatable bonds is 11. The summed E-state index contributed by atoms with van der Waals surface area (Å²) in [6.45, 7) is -0.437. The molecule has 4 rings (SSSR count). The minimum Gasteiger partial charge on any atom is -0.352 e. The Morgan fingerprint density at radius 3 is 2.20 bits per heavy atom. The predicted molar refractivity (Wildman–Crippen MR) is 168 cm³/mol. The van der Waals surface area contributed by atoms with Gasteiger partial charge in [0.1, 0.15) is 12.6 Å². The second-order valence-electron chi connectivity index (χ2n) is 10.2. The van der Waals surface area contributed by atoms with E-state index in [1.807, 2.05) is 54.6 Å². The highest BCUT2D eigenvalue weighted by atomic mass is 79.9. The van der Waals surface area contributed by atoms with Crippen LogP contribution in [0.3, 0.4) is 0 Å². The lowest BCUT2D eigenvalue weighted by Crippen LogP contribution is -2.54. The first-order valence-electron chi connectivity index (χ1n) is 13.3. The average molecular weight is 681 g/mol. The molecule has 1 atom stereocenters. The van der Waals surface area contributed by atoms with Crippen molar-refractivity contribution in [3.8, 4) is 0 Å². The Hall–Kier alpha value is -2.59. The SMILES string of the molecule is CS(=O)(=O)N(CC(=O)N(Cc1cccc(Br)c1)[C@@H](Cc1ccccc1)C(=O)NC1CCCC1)c1cc(Cl)cc(Cl)c1. The quantitative estimate of drug-likeness (QED) is 0.261. The molecule has 11 heteroatoms. The lowest BCUT2D eigenvalue weighted by atomic mass is 10.0. The van der Waals surface area contributed by atoms with Crippen LogP contribution in [0.1, 0.15) is 36.8 Å². The number of sulfonamides is 1. The molecular formula is C30H32BrCl2N3O4S. The van der Waals surface area contributed by atoms with E-state index in [2.05, 4.69) is 21.2 Å². The first-order valence-corrected chi connectivity index (χ1v) is 16.7. The van der Waals surface area contributed by atoms with E-state index in [1.54, 1.807) is 0 Å². The minimum atomic E-state index is -3.92. The third kappa shape index (κ3) is 8.95. The van der Waals surface area contributed by atoms with Gasteiger partial charge in [0.15, 0.2) is 0 Å². The van der Waals surface area contributed by atoms with Gasteiger partial charge in [0.05, 0.1) is 11.9 Å². The van der Waals surface area contributed by atoms with Crippen molar-refractivity contribution in [1.29, 1.82) is 0 Å². The van der Waals surface area contributed by atoms with Gasteiger partial charge in [0.25, 0.3) is 0 Å². The predicted octanol–water partition coefficient (Wildman–Crippen LogP) is 6.22. The van der Waals surface area contributed by atoms with Crippen LogP contribution in [0.15, 0.2) is 77.3 Å². The molecule has 1 fully saturated rings. The Labute approximate surface area is 260 Å². The van der Waals surface area contributed by atoms with E-state index in [-0.39, 0.29) is 40.6 Å². The van der Waals surface area contributed by atoms with Gasteiger partial charge in [-0.05, 0) is 54.3 Å². The molecule has 41 heavy (non-hydrogen) atoms. The highest BCUT2D eigenvalue weighted by Gasteiger charge is 2.34. The first kappa shape index (κ1) is 31.3. The molecule has 7 nitrogen and oxygen atoms in total. The summed E-state index contributed by atoms with van der Waals surface area (Å²) in [5.41, 5.74) is 1.83. The molecule has 0 aromatic heterocycles. The fourth-order valence-corrected chi connectivity index (χ4v) is 6.84. The van der Waals surface area contributed by atoms with Gasteiger partial charge in [-0.1, -0.05) is 94.4 Å². The Kier molecular flexibility index (Phi) is 10.7. The number of carbonyl (C=O) groups excluding carboxylic acids is 2. The van der Waals surface area contributed by atoms with Crippen LogP contribution in [0.25, 0.3) is 0 Å². The van der Waals surface area contributed by atoms with Crippen molar-refractivity contribution in [1.82, 2.24) is 10.2 Å². The molecule has 3 aromatic carbocycles. The summed E-state index contributed by atoms with van der Waals surface area (Å²) in [7, 11) is -3.92. The number of nitrogens with one attached hydrogen (secondary N) is 1. The van der Waals surface area contributed by atoms with Gasteiger partial charge in [-0.25, -0.2) is 8.42 Å². The van der Waals surface area contributed by atoms with Crippen LogP contribution in [0.4, 0.5) is 5.69 Å². The van der Waals surface area contributed by atoms with Crippen LogP contribution in [-0.4, -0.2) is 50.0 Å². The van der Waals surface area contributed by atoms with E-state index in [9.17, 15) is 18.0 Å². The fraction of sp³-hybridized carbons (Fsp3) is 0.333. The van der Waals surface area contributed by atoms with Gasteiger partial charge in [-0.2, -0.15) is 0 Å². The smallest absolute Gasteiger partial charge is 0.244 e. The normalized spacial score (nSPS) is 14.4. The number of hydrogen-bond donors (Lipinski definition) is 1. The maximum absolute atomic E-state index is 14.2. The third-order valence-electron chi connectivity index (χ3n) is 7.03. The molecule has 0 radical (unpaired) electrons. The van der Waals surface area contributed by atoms with Crippen molar-refractivity contribution in [2.24, 2.45) is 0 Å². The maximum Gasteiger partial charge on any atom is 0.244 e. The summed E-state index contributed by atoms with van der Waals surface area (Å²) in [6.07, 6.45) is 5.14. The molecule has 0 spiro atoms. The van der Waals surface area contributed by atoms with E-state index in [0.29, 0.717) is 0 Å². The summed E-state index contributed by atoms with van der Waals surface area (Å²) >= 11 is 15.8. The number of hydrogen-bond acceptors (Lipinski definition) is 4. The number of benzene rings is 3. The zero-order chi connectivity index (χ0) is 29.6. The molecule has 1 N–H and O–H groups in total. The Morgan fingerprint density at radius 2 is 1.59 bits per heavy atom. The Bertz CT molecular complexity index is 1460. The van der Waals surface area contributed by atoms with Crippen molar-refractivity contribution in [2.75, 3.05) is 17.1 Å². The number of halogens is 3. The first-order chi connectivity index (χ1) is 19.5. The van der Waals surface area contributed by atoms with Gasteiger partial charge in [-0.15, -0.1) is 0 Å². The van der Waals surface area contributed by atoms with Crippen LogP contribution in [0, 0.1) is 0 Å². The number of carbonyl (C=O) groups is 2. The van der Waals surface area contributed by atoms with E-state index >= 15 is 0 Å². The second kappa shape index (κ2) is 14.1. The standard InChI is InChI=1S/C30H32BrCl2N3O4S/c1-41(39,40)36(27-17-24(32)16-25(33)18-27)20-29(37)35(19-22-10-7-11-23(31)14-22)28(15-21-8-3-2-4-9-21)30(38)34-26-12-5-6-13-26/h2-4,7-11,14,16-18,26,28H,5-6,12-13,15,19-20H2,1H3,(H,34,38)/t28-/m0/s1. The maximum atomic E-state index is 14.2. The third-order valence-corrected chi connectivity index (χ3v) is 9.10. The molecule has 0 saturated heterocycles. The molecule has 0 unspecified atom stereocenters. The molecule has 0 aliphatic heterocycles. The lowest BCUT2D eigenvalue weighted by Gasteiger charge is -2.34. The van der Waals surface area contributed by atoms with Crippen molar-refractivity contribution >= 4 is 66.7 Å². The van der Waals surface area contributed by atoms with Crippen LogP contribution >= 0.6 is 39.1 Å². The summed E-state index contributed by atoms with van der Waals surface area (Å²) < 4.78 is 27.6. The Morgan fingerprint density at radius 1 is 0.951 bits per heavy atom. The zero-order valence-electron chi connectivity index (χ0n) is 22.6. The number of amides is 2. The van der Waals surface area contributed by atoms with Gasteiger partial charge >= 0.3 is 0 Å². The molecule has 218 valence electrons. The highest BCUT2D eigenvalue weighted by molar-refractivity contribution is 9.10. The van der Waals surface area contributed by atoms with E-state index < -0.39 is 28.5 Å². The van der Waals surface area contributed by atoms with Crippen molar-refractivity contribution < 1.29 is 18.0 Å². The number of nitrogens with zero attached hydrogens (tertiary/aromatic N) is 2. The minimum absolute atomic E-state index is 0.0460. The van der Waals surface area contributed by atoms with Gasteiger partial charge in [0, 0.05) is 33.5 Å². The van der Waals surface area contributed by atoms with Gasteiger partial charge in [0.2, 0.25) is 21.8 Å². The van der Waals surface area contributed by atoms with E-state index in [4.69, 9.17) is 23.2 Å². The molecular weight excluding hydrogens is 649 g/mol. The molecule has 3 aromatic rings. The average Bonchev–Trinajstić information content (AvgIpc) is 3.41. The van der Waals surface area contributed by atoms with E-state index in [0.717, 1.165) is 51.8 Å². The monoisotopic (exact) mass is 679 g/mol. The lowest BCUT2D eigenvalue weighted by molar-refractivity contribution is -0.140. The van der Waals surface area contributed by atoms with Crippen molar-refractivity contribution in [3.63, 3.8) is 0 Å². The topological polar surface area (TPSA) is 86.8 Å². The highest BCUT2D eigenvalue weighted by Crippen LogP contribution is 2.28. The summed E-state index contributed by atoms with van der Waals surface area (Å²) in [5.74, 6) is -0.796. The van der Waals surface area contributed by atoms with Crippen LogP contribution in [-0.2, 0) is 32.6 Å². The number of anilines is 1. The van der Waals surface area contributed by atoms with Crippen molar-refractivity contribution in [2.45, 2.75) is 50.7 Å². The molecule has 2 amide bonds. The zero-order valence-corrected chi connectivity index (χ0v) is 26.5. The molecule has 0 bridgehead atoms. The van der Waals surface area contributed by atoms with Gasteiger partial charge < -0.3 is 10.2 Å². The molecule has 1 saturated carbocycles. The molecule has 1 aliphatic rings. The molecule has 1 aliphatic carbocycles. The summed E-state index contributed by atoms with van der Waals surface area (Å²) in [5, 5.41) is 3.62. The molecule has 0 heterocycles. The van der Waals surface area contributed by atoms with Crippen LogP contribution in [0.2, 0.25) is 10.0 Å². The fourth-order valence-electron chi connectivity index (χ4n) is 5.05. The van der Waals surface area contributed by atoms with Crippen LogP contribution < -0.4 is 9.62 Å². The van der Waals surface area contributed by atoms with Crippen LogP contribution in [0.5, 0.6) is 0 Å². The second-order valence-corrected chi connectivity index (χ2v) is 13.9. The van der Waals surface area contributed by atoms with Gasteiger partial charge in [-0.3, -0.25) is 13.9 Å². The Balaban J connectivity index is 1.74. The summed E-state index contributed by atoms with van der Waals surface area (Å²) in [6, 6.07) is 20.5. The largest absolute Gasteiger partial charge is 0.352 e. The summed E-state index contributed by atoms with van der Waals surface area (Å²) in [4.78, 5) is 29.5. The van der Waals surface area contributed by atoms with E-state index in [1.165, 1.54) is 23.1 Å².